The van der Waals surface area contributed by atoms with Crippen LogP contribution in [0.1, 0.15) is 5.69 Å². The Kier molecular flexibility index (Phi) is 3.81. The molecule has 0 unspecified atom stereocenters. The highest BCUT2D eigenvalue weighted by molar-refractivity contribution is 7.89. The predicted molar refractivity (Wildman–Crippen MR) is 92.3 cm³/mol. The Morgan fingerprint density at radius 2 is 2.00 bits per heavy atom. The molecule has 0 bridgehead atoms. The summed E-state index contributed by atoms with van der Waals surface area (Å²) in [5.74, 6) is -0.608. The van der Waals surface area contributed by atoms with Gasteiger partial charge in [-0.05, 0) is 31.2 Å². The summed E-state index contributed by atoms with van der Waals surface area (Å²) in [5.41, 5.74) is 1.17. The molecule has 2 aromatic heterocycles. The molecule has 4 rings (SSSR count). The molecule has 3 aromatic rings. The van der Waals surface area contributed by atoms with Gasteiger partial charge in [0.25, 0.3) is 5.56 Å². The van der Waals surface area contributed by atoms with Crippen molar-refractivity contribution in [1.82, 2.24) is 19.1 Å². The molecular weight excluding hydrogens is 360 g/mol. The quantitative estimate of drug-likeness (QED) is 0.700. The van der Waals surface area contributed by atoms with Crippen LogP contribution in [0, 0.1) is 12.8 Å². The lowest BCUT2D eigenvalue weighted by Gasteiger charge is -2.38. The first-order valence-electron chi connectivity index (χ1n) is 8.01. The second kappa shape index (κ2) is 5.92. The number of benzene rings is 1. The molecule has 1 fully saturated rings. The Bertz CT molecular complexity index is 1200. The molecule has 26 heavy (non-hydrogen) atoms. The lowest BCUT2D eigenvalue weighted by atomic mass is 10.0. The number of hydrogen-bond acceptors (Lipinski definition) is 6. The van der Waals surface area contributed by atoms with Crippen LogP contribution in [0.2, 0.25) is 0 Å². The molecule has 1 saturated heterocycles. The fraction of sp³-hybridized carbons (Fsp3) is 0.312. The van der Waals surface area contributed by atoms with E-state index in [2.05, 4.69) is 10.1 Å². The molecule has 0 aliphatic carbocycles. The summed E-state index contributed by atoms with van der Waals surface area (Å²) in [6.45, 7) is 2.79. The number of H-pyrrole nitrogens is 1. The number of nitrogens with one attached hydrogen (secondary N) is 1. The van der Waals surface area contributed by atoms with Gasteiger partial charge in [0, 0.05) is 25.1 Å². The summed E-state index contributed by atoms with van der Waals surface area (Å²) in [6, 6.07) is 7.35. The standard InChI is InChI=1S/C16H16N4O5S/c1-10-2-5-15(21)20(18-10)9-11-7-19(8-11)26(23,24)12-3-4-14-13(6-12)17-16(22)25-14/h2-6,11H,7-9H2,1H3,(H,17,22). The first kappa shape index (κ1) is 16.7. The van der Waals surface area contributed by atoms with E-state index in [4.69, 9.17) is 4.42 Å². The van der Waals surface area contributed by atoms with Gasteiger partial charge in [0.15, 0.2) is 5.58 Å². The zero-order valence-electron chi connectivity index (χ0n) is 13.9. The Hall–Kier alpha value is -2.72. The molecule has 0 saturated carbocycles. The molecule has 1 aliphatic heterocycles. The summed E-state index contributed by atoms with van der Waals surface area (Å²) in [7, 11) is -3.67. The summed E-state index contributed by atoms with van der Waals surface area (Å²) >= 11 is 0. The molecule has 1 N–H and O–H groups in total. The molecular formula is C16H16N4O5S. The van der Waals surface area contributed by atoms with Crippen molar-refractivity contribution in [2.45, 2.75) is 18.4 Å². The van der Waals surface area contributed by atoms with Gasteiger partial charge < -0.3 is 4.42 Å². The topological polar surface area (TPSA) is 118 Å². The first-order chi connectivity index (χ1) is 12.3. The Labute approximate surface area is 147 Å². The maximum absolute atomic E-state index is 12.7. The van der Waals surface area contributed by atoms with E-state index in [0.29, 0.717) is 30.7 Å². The second-order valence-electron chi connectivity index (χ2n) is 6.36. The van der Waals surface area contributed by atoms with Crippen LogP contribution in [0.3, 0.4) is 0 Å². The predicted octanol–water partition coefficient (Wildman–Crippen LogP) is 0.307. The number of aryl methyl sites for hydroxylation is 1. The van der Waals surface area contributed by atoms with Crippen LogP contribution in [0.4, 0.5) is 0 Å². The van der Waals surface area contributed by atoms with Crippen LogP contribution in [-0.4, -0.2) is 40.6 Å². The van der Waals surface area contributed by atoms with Crippen LogP contribution in [0.5, 0.6) is 0 Å². The highest BCUT2D eigenvalue weighted by Gasteiger charge is 2.37. The number of aromatic amines is 1. The summed E-state index contributed by atoms with van der Waals surface area (Å²) < 4.78 is 33.0. The van der Waals surface area contributed by atoms with Gasteiger partial charge in [-0.25, -0.2) is 17.9 Å². The minimum absolute atomic E-state index is 0.0224. The maximum Gasteiger partial charge on any atom is 0.417 e. The van der Waals surface area contributed by atoms with Gasteiger partial charge in [-0.15, -0.1) is 0 Å². The number of rotatable bonds is 4. The Morgan fingerprint density at radius 3 is 2.77 bits per heavy atom. The third-order valence-corrected chi connectivity index (χ3v) is 6.21. The summed E-state index contributed by atoms with van der Waals surface area (Å²) in [5, 5.41) is 4.17. The molecule has 10 heteroatoms. The highest BCUT2D eigenvalue weighted by atomic mass is 32.2. The Morgan fingerprint density at radius 1 is 1.23 bits per heavy atom. The third-order valence-electron chi connectivity index (χ3n) is 4.38. The van der Waals surface area contributed by atoms with Gasteiger partial charge in [0.1, 0.15) is 0 Å². The SMILES string of the molecule is Cc1ccc(=O)n(CC2CN(S(=O)(=O)c3ccc4oc(=O)[nH]c4c3)C2)n1. The second-order valence-corrected chi connectivity index (χ2v) is 8.29. The summed E-state index contributed by atoms with van der Waals surface area (Å²) in [4.78, 5) is 25.5. The molecule has 0 spiro atoms. The normalized spacial score (nSPS) is 16.0. The molecule has 9 nitrogen and oxygen atoms in total. The third kappa shape index (κ3) is 2.86. The number of fused-ring (bicyclic) bond motifs is 1. The fourth-order valence-corrected chi connectivity index (χ4v) is 4.62. The number of hydrogen-bond donors (Lipinski definition) is 1. The molecule has 0 atom stereocenters. The van der Waals surface area contributed by atoms with E-state index in [1.54, 1.807) is 13.0 Å². The van der Waals surface area contributed by atoms with Crippen molar-refractivity contribution in [3.63, 3.8) is 0 Å². The van der Waals surface area contributed by atoms with Gasteiger partial charge >= 0.3 is 5.76 Å². The smallest absolute Gasteiger partial charge is 0.408 e. The first-order valence-corrected chi connectivity index (χ1v) is 9.45. The largest absolute Gasteiger partial charge is 0.417 e. The van der Waals surface area contributed by atoms with Gasteiger partial charge in [0.05, 0.1) is 22.7 Å². The Balaban J connectivity index is 1.50. The number of nitrogens with zero attached hydrogens (tertiary/aromatic N) is 3. The van der Waals surface area contributed by atoms with E-state index in [1.165, 1.54) is 33.3 Å². The zero-order valence-corrected chi connectivity index (χ0v) is 14.7. The summed E-state index contributed by atoms with van der Waals surface area (Å²) in [6.07, 6.45) is 0. The van der Waals surface area contributed by atoms with E-state index < -0.39 is 15.8 Å². The van der Waals surface area contributed by atoms with E-state index in [1.807, 2.05) is 0 Å². The van der Waals surface area contributed by atoms with Crippen LogP contribution in [0.15, 0.2) is 49.2 Å². The fourth-order valence-electron chi connectivity index (χ4n) is 3.00. The van der Waals surface area contributed by atoms with E-state index in [0.717, 1.165) is 5.69 Å². The maximum atomic E-state index is 12.7. The zero-order chi connectivity index (χ0) is 18.5. The average Bonchev–Trinajstić information content (AvgIpc) is 2.92. The van der Waals surface area contributed by atoms with Crippen molar-refractivity contribution in [1.29, 1.82) is 0 Å². The molecule has 1 aliphatic rings. The monoisotopic (exact) mass is 376 g/mol. The van der Waals surface area contributed by atoms with Crippen molar-refractivity contribution in [2.75, 3.05) is 13.1 Å². The van der Waals surface area contributed by atoms with E-state index in [9.17, 15) is 18.0 Å². The van der Waals surface area contributed by atoms with Gasteiger partial charge in [0.2, 0.25) is 10.0 Å². The number of sulfonamides is 1. The van der Waals surface area contributed by atoms with Crippen molar-refractivity contribution >= 4 is 21.1 Å². The van der Waals surface area contributed by atoms with Crippen LogP contribution >= 0.6 is 0 Å². The molecule has 0 radical (unpaired) electrons. The van der Waals surface area contributed by atoms with Crippen molar-refractivity contribution in [2.24, 2.45) is 5.92 Å². The van der Waals surface area contributed by atoms with Gasteiger partial charge in [-0.2, -0.15) is 9.40 Å². The highest BCUT2D eigenvalue weighted by Crippen LogP contribution is 2.27. The minimum Gasteiger partial charge on any atom is -0.408 e. The average molecular weight is 376 g/mol. The number of oxazole rings is 1. The lowest BCUT2D eigenvalue weighted by molar-refractivity contribution is 0.172. The van der Waals surface area contributed by atoms with Crippen LogP contribution < -0.4 is 11.3 Å². The van der Waals surface area contributed by atoms with Gasteiger partial charge in [-0.3, -0.25) is 9.78 Å². The van der Waals surface area contributed by atoms with Crippen molar-refractivity contribution in [3.8, 4) is 0 Å². The van der Waals surface area contributed by atoms with Gasteiger partial charge in [-0.1, -0.05) is 0 Å². The van der Waals surface area contributed by atoms with E-state index >= 15 is 0 Å². The molecule has 0 amide bonds. The molecule has 136 valence electrons. The lowest BCUT2D eigenvalue weighted by Crippen LogP contribution is -2.52. The minimum atomic E-state index is -3.67. The van der Waals surface area contributed by atoms with Crippen LogP contribution in [0.25, 0.3) is 11.1 Å². The number of aromatic nitrogens is 3. The van der Waals surface area contributed by atoms with Crippen LogP contribution in [-0.2, 0) is 16.6 Å². The van der Waals surface area contributed by atoms with Crippen molar-refractivity contribution in [3.05, 3.63) is 56.9 Å². The van der Waals surface area contributed by atoms with E-state index in [-0.39, 0.29) is 16.4 Å². The van der Waals surface area contributed by atoms with Crippen molar-refractivity contribution < 1.29 is 12.8 Å². The molecule has 3 heterocycles. The molecule has 1 aromatic carbocycles.